The van der Waals surface area contributed by atoms with E-state index in [2.05, 4.69) is 5.18 Å². The van der Waals surface area contributed by atoms with Gasteiger partial charge in [-0.05, 0) is 30.2 Å². The Hall–Kier alpha value is -2.16. The molecule has 0 aliphatic carbocycles. The lowest BCUT2D eigenvalue weighted by molar-refractivity contribution is 0.407. The molecule has 1 unspecified atom stereocenters. The average molecular weight is 241 g/mol. The Kier molecular flexibility index (Phi) is 3.72. The fraction of sp³-hybridized carbons (Fsp3) is 0.200. The van der Waals surface area contributed by atoms with Crippen molar-refractivity contribution >= 4 is 0 Å². The van der Waals surface area contributed by atoms with Gasteiger partial charge in [-0.2, -0.15) is 4.91 Å². The molecule has 0 saturated carbocycles. The minimum absolute atomic E-state index is 0.413. The molecule has 0 fully saturated rings. The highest BCUT2D eigenvalue weighted by atomic mass is 16.5. The monoisotopic (exact) mass is 241 g/mol. The molecule has 0 heterocycles. The molecule has 0 bridgehead atoms. The zero-order valence-electron chi connectivity index (χ0n) is 10.5. The van der Waals surface area contributed by atoms with Crippen molar-refractivity contribution in [3.63, 3.8) is 0 Å². The maximum atomic E-state index is 10.7. The summed E-state index contributed by atoms with van der Waals surface area (Å²) in [6.07, 6.45) is 0. The van der Waals surface area contributed by atoms with E-state index in [1.165, 1.54) is 0 Å². The summed E-state index contributed by atoms with van der Waals surface area (Å²) in [5.41, 5.74) is 2.98. The number of nitroso groups, excluding NO2 is 1. The van der Waals surface area contributed by atoms with Crippen molar-refractivity contribution in [3.05, 3.63) is 59.0 Å². The molecule has 0 amide bonds. The van der Waals surface area contributed by atoms with Gasteiger partial charge in [-0.15, -0.1) is 0 Å². The van der Waals surface area contributed by atoms with Crippen molar-refractivity contribution in [1.29, 1.82) is 0 Å². The van der Waals surface area contributed by atoms with Crippen LogP contribution in [0, 0.1) is 4.91 Å². The Morgan fingerprint density at radius 2 is 1.78 bits per heavy atom. The second kappa shape index (κ2) is 5.45. The molecule has 2 aromatic rings. The largest absolute Gasteiger partial charge is 0.496 e. The molecule has 0 aromatic heterocycles. The molecule has 0 aliphatic heterocycles. The molecular weight excluding hydrogens is 226 g/mol. The SMILES string of the molecule is COc1ccc(-c2ccccc2)cc1C(C)N=O. The highest BCUT2D eigenvalue weighted by Gasteiger charge is 2.12. The van der Waals surface area contributed by atoms with Gasteiger partial charge >= 0.3 is 0 Å². The topological polar surface area (TPSA) is 38.7 Å². The molecule has 92 valence electrons. The zero-order valence-corrected chi connectivity index (χ0v) is 10.5. The fourth-order valence-corrected chi connectivity index (χ4v) is 1.93. The van der Waals surface area contributed by atoms with E-state index in [4.69, 9.17) is 4.74 Å². The van der Waals surface area contributed by atoms with Crippen LogP contribution in [0.1, 0.15) is 18.5 Å². The lowest BCUT2D eigenvalue weighted by Gasteiger charge is -2.12. The maximum absolute atomic E-state index is 10.7. The normalized spacial score (nSPS) is 11.9. The molecule has 0 spiro atoms. The first-order chi connectivity index (χ1) is 8.76. The molecule has 0 saturated heterocycles. The first kappa shape index (κ1) is 12.3. The van der Waals surface area contributed by atoms with Crippen molar-refractivity contribution in [2.24, 2.45) is 5.18 Å². The zero-order chi connectivity index (χ0) is 13.0. The van der Waals surface area contributed by atoms with E-state index in [0.29, 0.717) is 5.75 Å². The Morgan fingerprint density at radius 1 is 1.06 bits per heavy atom. The summed E-state index contributed by atoms with van der Waals surface area (Å²) in [5, 5.41) is 3.07. The number of ether oxygens (including phenoxy) is 1. The van der Waals surface area contributed by atoms with Gasteiger partial charge in [-0.25, -0.2) is 0 Å². The van der Waals surface area contributed by atoms with E-state index >= 15 is 0 Å². The second-order valence-corrected chi connectivity index (χ2v) is 4.10. The summed E-state index contributed by atoms with van der Waals surface area (Å²) in [6.45, 7) is 1.76. The Bertz CT molecular complexity index is 537. The third-order valence-corrected chi connectivity index (χ3v) is 2.95. The first-order valence-electron chi connectivity index (χ1n) is 5.82. The summed E-state index contributed by atoms with van der Waals surface area (Å²) in [5.74, 6) is 0.696. The molecule has 0 radical (unpaired) electrons. The number of hydrogen-bond acceptors (Lipinski definition) is 3. The van der Waals surface area contributed by atoms with E-state index < -0.39 is 6.04 Å². The van der Waals surface area contributed by atoms with Crippen LogP contribution in [-0.4, -0.2) is 7.11 Å². The molecule has 2 aromatic carbocycles. The predicted molar refractivity (Wildman–Crippen MR) is 72.6 cm³/mol. The van der Waals surface area contributed by atoms with Crippen LogP contribution < -0.4 is 4.74 Å². The summed E-state index contributed by atoms with van der Waals surface area (Å²) in [6, 6.07) is 15.4. The number of nitrogens with zero attached hydrogens (tertiary/aromatic N) is 1. The molecule has 2 rings (SSSR count). The van der Waals surface area contributed by atoms with Gasteiger partial charge in [0.15, 0.2) is 0 Å². The van der Waals surface area contributed by atoms with Gasteiger partial charge in [0.05, 0.1) is 7.11 Å². The van der Waals surface area contributed by atoms with E-state index in [1.807, 2.05) is 48.5 Å². The number of rotatable bonds is 4. The highest BCUT2D eigenvalue weighted by Crippen LogP contribution is 2.32. The van der Waals surface area contributed by atoms with Crippen molar-refractivity contribution in [2.75, 3.05) is 7.11 Å². The van der Waals surface area contributed by atoms with Crippen molar-refractivity contribution in [1.82, 2.24) is 0 Å². The standard InChI is InChI=1S/C15H15NO2/c1-11(16-17)14-10-13(8-9-15(14)18-2)12-6-4-3-5-7-12/h3-11H,1-2H3. The van der Waals surface area contributed by atoms with Gasteiger partial charge in [0.2, 0.25) is 0 Å². The van der Waals surface area contributed by atoms with Crippen molar-refractivity contribution < 1.29 is 4.74 Å². The van der Waals surface area contributed by atoms with Gasteiger partial charge in [0.25, 0.3) is 0 Å². The minimum Gasteiger partial charge on any atom is -0.496 e. The number of hydrogen-bond donors (Lipinski definition) is 0. The van der Waals surface area contributed by atoms with E-state index in [9.17, 15) is 4.91 Å². The fourth-order valence-electron chi connectivity index (χ4n) is 1.93. The number of benzene rings is 2. The van der Waals surface area contributed by atoms with Crippen molar-refractivity contribution in [2.45, 2.75) is 13.0 Å². The predicted octanol–water partition coefficient (Wildman–Crippen LogP) is 4.19. The van der Waals surface area contributed by atoms with Gasteiger partial charge in [0, 0.05) is 5.56 Å². The van der Waals surface area contributed by atoms with Crippen LogP contribution in [0.25, 0.3) is 11.1 Å². The summed E-state index contributed by atoms with van der Waals surface area (Å²) >= 11 is 0. The third kappa shape index (κ3) is 2.40. The van der Waals surface area contributed by atoms with Crippen LogP contribution in [0.4, 0.5) is 0 Å². The van der Waals surface area contributed by atoms with Crippen LogP contribution in [0.5, 0.6) is 5.75 Å². The molecular formula is C15H15NO2. The van der Waals surface area contributed by atoms with E-state index in [0.717, 1.165) is 16.7 Å². The summed E-state index contributed by atoms with van der Waals surface area (Å²) in [7, 11) is 1.60. The van der Waals surface area contributed by atoms with Crippen LogP contribution in [0.15, 0.2) is 53.7 Å². The second-order valence-electron chi connectivity index (χ2n) is 4.10. The Labute approximate surface area is 106 Å². The summed E-state index contributed by atoms with van der Waals surface area (Å²) < 4.78 is 5.26. The third-order valence-electron chi connectivity index (χ3n) is 2.95. The van der Waals surface area contributed by atoms with Gasteiger partial charge in [0.1, 0.15) is 11.8 Å². The van der Waals surface area contributed by atoms with Crippen LogP contribution in [0.2, 0.25) is 0 Å². The lowest BCUT2D eigenvalue weighted by atomic mass is 9.99. The van der Waals surface area contributed by atoms with Crippen molar-refractivity contribution in [3.8, 4) is 16.9 Å². The molecule has 1 atom stereocenters. The van der Waals surface area contributed by atoms with Gasteiger partial charge in [-0.3, -0.25) is 0 Å². The van der Waals surface area contributed by atoms with Crippen LogP contribution in [-0.2, 0) is 0 Å². The summed E-state index contributed by atoms with van der Waals surface area (Å²) in [4.78, 5) is 10.7. The quantitative estimate of drug-likeness (QED) is 0.753. The highest BCUT2D eigenvalue weighted by molar-refractivity contribution is 5.65. The van der Waals surface area contributed by atoms with Crippen LogP contribution in [0.3, 0.4) is 0 Å². The van der Waals surface area contributed by atoms with E-state index in [-0.39, 0.29) is 0 Å². The Morgan fingerprint density at radius 3 is 2.39 bits per heavy atom. The molecule has 18 heavy (non-hydrogen) atoms. The van der Waals surface area contributed by atoms with E-state index in [1.54, 1.807) is 14.0 Å². The molecule has 3 heteroatoms. The van der Waals surface area contributed by atoms with Gasteiger partial charge in [-0.1, -0.05) is 41.6 Å². The molecule has 0 aliphatic rings. The smallest absolute Gasteiger partial charge is 0.124 e. The number of methoxy groups -OCH3 is 1. The van der Waals surface area contributed by atoms with Gasteiger partial charge < -0.3 is 4.74 Å². The first-order valence-corrected chi connectivity index (χ1v) is 5.82. The Balaban J connectivity index is 2.49. The van der Waals surface area contributed by atoms with Crippen LogP contribution >= 0.6 is 0 Å². The molecule has 0 N–H and O–H groups in total. The minimum atomic E-state index is -0.413. The maximum Gasteiger partial charge on any atom is 0.124 e. The average Bonchev–Trinajstić information content (AvgIpc) is 2.46. The molecule has 3 nitrogen and oxygen atoms in total. The lowest BCUT2D eigenvalue weighted by Crippen LogP contribution is -1.95.